The number of carbonyl (C=O) groups is 3. The van der Waals surface area contributed by atoms with E-state index in [1.54, 1.807) is 26.8 Å². The van der Waals surface area contributed by atoms with Gasteiger partial charge in [0.25, 0.3) is 5.91 Å². The summed E-state index contributed by atoms with van der Waals surface area (Å²) in [6, 6.07) is 4.36. The Hall–Kier alpha value is -4.36. The lowest BCUT2D eigenvalue weighted by Crippen LogP contribution is -2.42. The van der Waals surface area contributed by atoms with E-state index in [9.17, 15) is 18.8 Å². The van der Waals surface area contributed by atoms with Gasteiger partial charge in [0.2, 0.25) is 0 Å². The molecule has 1 aliphatic heterocycles. The number of methoxy groups -OCH3 is 1. The lowest BCUT2D eigenvalue weighted by Gasteiger charge is -2.26. The lowest BCUT2D eigenvalue weighted by atomic mass is 10.1. The van der Waals surface area contributed by atoms with Gasteiger partial charge >= 0.3 is 6.09 Å². The smallest absolute Gasteiger partial charge is 0.410 e. The number of nitrogens with zero attached hydrogens (tertiary/aromatic N) is 5. The first-order chi connectivity index (χ1) is 20.7. The molecule has 0 aliphatic carbocycles. The van der Waals surface area contributed by atoms with Crippen LogP contribution in [0.2, 0.25) is 5.02 Å². The number of amides is 2. The van der Waals surface area contributed by atoms with E-state index in [1.165, 1.54) is 48.8 Å². The van der Waals surface area contributed by atoms with E-state index in [2.05, 4.69) is 25.6 Å². The van der Waals surface area contributed by atoms with Crippen molar-refractivity contribution in [3.8, 4) is 17.1 Å². The van der Waals surface area contributed by atoms with Crippen LogP contribution in [0.3, 0.4) is 0 Å². The molecule has 1 fully saturated rings. The van der Waals surface area contributed by atoms with E-state index in [1.807, 2.05) is 26.0 Å². The van der Waals surface area contributed by atoms with Crippen LogP contribution in [0.5, 0.6) is 5.75 Å². The first kappa shape index (κ1) is 34.1. The molecule has 12 nitrogen and oxygen atoms in total. The standard InChI is InChI=1S/C27H28ClFN6O5.C3H9N/c1-27(2,3)40-26(38)35-13-16(10-17(35)14-36)32-25(37)19-11-30-8-7-21(19)33-24-22(39-4)12-31-23(34-24)18-9-15(28)5-6-20(18)29;1-4(2)3/h5-9,11-12,14,16-17H,10,13H2,1-4H3,(H,32,37)(H,30,31,33,34);1-3H3/t16-,17-;/m1./s1. The number of ether oxygens (including phenoxy) is 2. The summed E-state index contributed by atoms with van der Waals surface area (Å²) in [6.07, 6.45) is 4.47. The molecular formula is C30H37ClFN7O5. The van der Waals surface area contributed by atoms with Crippen molar-refractivity contribution < 1.29 is 28.2 Å². The van der Waals surface area contributed by atoms with E-state index < -0.39 is 35.5 Å². The highest BCUT2D eigenvalue weighted by molar-refractivity contribution is 6.30. The van der Waals surface area contributed by atoms with Gasteiger partial charge < -0.3 is 29.8 Å². The fourth-order valence-electron chi connectivity index (χ4n) is 4.11. The third kappa shape index (κ3) is 9.32. The van der Waals surface area contributed by atoms with Gasteiger partial charge in [-0.05, 0) is 72.6 Å². The predicted octanol–water partition coefficient (Wildman–Crippen LogP) is 4.57. The van der Waals surface area contributed by atoms with Gasteiger partial charge in [-0.2, -0.15) is 0 Å². The molecule has 0 unspecified atom stereocenters. The van der Waals surface area contributed by atoms with Crippen molar-refractivity contribution in [2.75, 3.05) is 40.1 Å². The van der Waals surface area contributed by atoms with Crippen molar-refractivity contribution in [1.29, 1.82) is 0 Å². The number of hydrogen-bond donors (Lipinski definition) is 2. The minimum atomic E-state index is -0.734. The van der Waals surface area contributed by atoms with E-state index in [0.717, 1.165) is 0 Å². The Bertz CT molecular complexity index is 1480. The van der Waals surface area contributed by atoms with Crippen LogP contribution in [0.4, 0.5) is 20.7 Å². The Morgan fingerprint density at radius 2 is 1.89 bits per heavy atom. The van der Waals surface area contributed by atoms with Crippen molar-refractivity contribution in [1.82, 2.24) is 30.1 Å². The van der Waals surface area contributed by atoms with E-state index >= 15 is 0 Å². The van der Waals surface area contributed by atoms with Crippen LogP contribution in [0.15, 0.2) is 42.9 Å². The fourth-order valence-corrected chi connectivity index (χ4v) is 4.29. The largest absolute Gasteiger partial charge is 0.491 e. The Labute approximate surface area is 260 Å². The summed E-state index contributed by atoms with van der Waals surface area (Å²) in [5.41, 5.74) is -0.151. The SMILES string of the molecule is CN(C)C.COc1cnc(-c2cc(Cl)ccc2F)nc1Nc1ccncc1C(=O)N[C@@H]1C[C@H](C=O)N(C(=O)OC(C)(C)C)C1. The zero-order valence-electron chi connectivity index (χ0n) is 25.7. The van der Waals surface area contributed by atoms with Crippen molar-refractivity contribution in [2.45, 2.75) is 44.9 Å². The predicted molar refractivity (Wildman–Crippen MR) is 165 cm³/mol. The molecule has 2 amide bonds. The first-order valence-corrected chi connectivity index (χ1v) is 14.0. The molecule has 0 bridgehead atoms. The van der Waals surface area contributed by atoms with Crippen molar-refractivity contribution in [3.05, 3.63) is 59.3 Å². The van der Waals surface area contributed by atoms with Crippen LogP contribution in [-0.2, 0) is 9.53 Å². The van der Waals surface area contributed by atoms with Gasteiger partial charge in [0.1, 0.15) is 17.7 Å². The molecule has 2 N–H and O–H groups in total. The number of likely N-dealkylation sites (tertiary alicyclic amines) is 1. The highest BCUT2D eigenvalue weighted by atomic mass is 35.5. The van der Waals surface area contributed by atoms with Gasteiger partial charge in [0.05, 0.1) is 36.2 Å². The topological polar surface area (TPSA) is 139 Å². The molecule has 4 rings (SSSR count). The summed E-state index contributed by atoms with van der Waals surface area (Å²) < 4.78 is 25.2. The van der Waals surface area contributed by atoms with E-state index in [4.69, 9.17) is 21.1 Å². The Morgan fingerprint density at radius 3 is 2.52 bits per heavy atom. The molecular weight excluding hydrogens is 593 g/mol. The van der Waals surface area contributed by atoms with Gasteiger partial charge in [0, 0.05) is 30.0 Å². The molecule has 44 heavy (non-hydrogen) atoms. The number of nitrogens with one attached hydrogen (secondary N) is 2. The van der Waals surface area contributed by atoms with Gasteiger partial charge in [-0.1, -0.05) is 11.6 Å². The van der Waals surface area contributed by atoms with Crippen LogP contribution in [0.25, 0.3) is 11.4 Å². The molecule has 14 heteroatoms. The molecule has 1 aliphatic rings. The number of benzene rings is 1. The van der Waals surface area contributed by atoms with Crippen LogP contribution in [-0.4, -0.2) is 95.5 Å². The van der Waals surface area contributed by atoms with Crippen LogP contribution in [0, 0.1) is 5.82 Å². The van der Waals surface area contributed by atoms with Crippen LogP contribution < -0.4 is 15.4 Å². The summed E-state index contributed by atoms with van der Waals surface area (Å²) in [7, 11) is 7.42. The minimum Gasteiger partial charge on any atom is -0.491 e. The summed E-state index contributed by atoms with van der Waals surface area (Å²) in [5.74, 6) is -0.589. The maximum Gasteiger partial charge on any atom is 0.410 e. The second-order valence-electron chi connectivity index (χ2n) is 11.4. The maximum atomic E-state index is 14.5. The summed E-state index contributed by atoms with van der Waals surface area (Å²) >= 11 is 6.03. The van der Waals surface area contributed by atoms with Crippen LogP contribution in [0.1, 0.15) is 37.6 Å². The number of rotatable bonds is 7. The number of carbonyl (C=O) groups excluding carboxylic acids is 3. The number of hydrogen-bond acceptors (Lipinski definition) is 10. The minimum absolute atomic E-state index is 0.0523. The maximum absolute atomic E-state index is 14.5. The third-order valence-corrected chi connectivity index (χ3v) is 6.16. The molecule has 236 valence electrons. The molecule has 3 heterocycles. The second-order valence-corrected chi connectivity index (χ2v) is 11.8. The summed E-state index contributed by atoms with van der Waals surface area (Å²) in [4.78, 5) is 53.4. The Kier molecular flexibility index (Phi) is 11.5. The average Bonchev–Trinajstić information content (AvgIpc) is 3.36. The van der Waals surface area contributed by atoms with E-state index in [-0.39, 0.29) is 41.5 Å². The Balaban J connectivity index is 0.00000124. The highest BCUT2D eigenvalue weighted by Crippen LogP contribution is 2.31. The zero-order valence-corrected chi connectivity index (χ0v) is 26.5. The number of pyridine rings is 1. The number of halogens is 2. The molecule has 0 spiro atoms. The fraction of sp³-hybridized carbons (Fsp3) is 0.400. The number of anilines is 2. The van der Waals surface area contributed by atoms with Gasteiger partial charge in [0.15, 0.2) is 17.4 Å². The lowest BCUT2D eigenvalue weighted by molar-refractivity contribution is -0.111. The number of aromatic nitrogens is 3. The quantitative estimate of drug-likeness (QED) is 0.357. The molecule has 2 aromatic heterocycles. The van der Waals surface area contributed by atoms with Crippen molar-refractivity contribution in [2.24, 2.45) is 0 Å². The van der Waals surface area contributed by atoms with Crippen LogP contribution >= 0.6 is 11.6 Å². The second kappa shape index (κ2) is 14.9. The molecule has 3 aromatic rings. The summed E-state index contributed by atoms with van der Waals surface area (Å²) in [5, 5.41) is 6.21. The first-order valence-electron chi connectivity index (χ1n) is 13.7. The molecule has 0 radical (unpaired) electrons. The van der Waals surface area contributed by atoms with Gasteiger partial charge in [-0.25, -0.2) is 19.2 Å². The third-order valence-electron chi connectivity index (χ3n) is 5.93. The monoisotopic (exact) mass is 629 g/mol. The van der Waals surface area contributed by atoms with Crippen molar-refractivity contribution in [3.63, 3.8) is 0 Å². The van der Waals surface area contributed by atoms with Gasteiger partial charge in [-0.15, -0.1) is 0 Å². The zero-order chi connectivity index (χ0) is 32.6. The normalized spacial score (nSPS) is 16.1. The van der Waals surface area contributed by atoms with Crippen molar-refractivity contribution >= 4 is 41.4 Å². The van der Waals surface area contributed by atoms with E-state index in [0.29, 0.717) is 17.0 Å². The number of aldehydes is 1. The molecule has 0 saturated carbocycles. The van der Waals surface area contributed by atoms with Gasteiger partial charge in [-0.3, -0.25) is 14.7 Å². The molecule has 2 atom stereocenters. The Morgan fingerprint density at radius 1 is 1.18 bits per heavy atom. The molecule has 1 aromatic carbocycles. The summed E-state index contributed by atoms with van der Waals surface area (Å²) in [6.45, 7) is 5.29. The average molecular weight is 630 g/mol. The highest BCUT2D eigenvalue weighted by Gasteiger charge is 2.38. The molecule has 1 saturated heterocycles.